The third-order valence-corrected chi connectivity index (χ3v) is 6.58. The zero-order chi connectivity index (χ0) is 18.3. The lowest BCUT2D eigenvalue weighted by atomic mass is 9.97. The minimum absolute atomic E-state index is 0.0303. The van der Waals surface area contributed by atoms with Crippen LogP contribution in [0.1, 0.15) is 50.2 Å². The van der Waals surface area contributed by atoms with E-state index in [1.54, 1.807) is 0 Å². The van der Waals surface area contributed by atoms with Gasteiger partial charge in [-0.25, -0.2) is 12.7 Å². The lowest BCUT2D eigenvalue weighted by Crippen LogP contribution is -2.43. The normalized spacial score (nSPS) is 16.7. The first-order chi connectivity index (χ1) is 11.9. The molecule has 0 saturated carbocycles. The van der Waals surface area contributed by atoms with E-state index in [0.29, 0.717) is 25.9 Å². The second kappa shape index (κ2) is 9.34. The molecule has 1 aromatic carbocycles. The van der Waals surface area contributed by atoms with Gasteiger partial charge in [0.1, 0.15) is 0 Å². The van der Waals surface area contributed by atoms with E-state index in [-0.39, 0.29) is 17.6 Å². The molecule has 140 valence electrons. The van der Waals surface area contributed by atoms with E-state index in [1.165, 1.54) is 4.31 Å². The van der Waals surface area contributed by atoms with Gasteiger partial charge in [-0.3, -0.25) is 4.79 Å². The minimum atomic E-state index is -3.32. The highest BCUT2D eigenvalue weighted by molar-refractivity contribution is 7.88. The number of nitrogens with zero attached hydrogens (tertiary/aromatic N) is 1. The minimum Gasteiger partial charge on any atom is -0.356 e. The third-order valence-electron chi connectivity index (χ3n) is 4.73. The van der Waals surface area contributed by atoms with Crippen LogP contribution in [0.2, 0.25) is 0 Å². The quantitative estimate of drug-likeness (QED) is 0.720. The van der Waals surface area contributed by atoms with Crippen molar-refractivity contribution in [2.75, 3.05) is 19.6 Å². The number of carbonyl (C=O) groups excluding carboxylic acids is 1. The molecule has 2 rings (SSSR count). The van der Waals surface area contributed by atoms with Crippen LogP contribution >= 0.6 is 0 Å². The van der Waals surface area contributed by atoms with Gasteiger partial charge in [-0.1, -0.05) is 49.6 Å². The summed E-state index contributed by atoms with van der Waals surface area (Å²) in [5, 5.41) is 2.98. The molecule has 0 atom stereocenters. The molecule has 0 unspecified atom stereocenters. The molecule has 0 aliphatic carbocycles. The number of carbonyl (C=O) groups is 1. The van der Waals surface area contributed by atoms with E-state index in [4.69, 9.17) is 0 Å². The maximum absolute atomic E-state index is 12.6. The van der Waals surface area contributed by atoms with Crippen molar-refractivity contribution >= 4 is 15.9 Å². The van der Waals surface area contributed by atoms with Gasteiger partial charge in [-0.15, -0.1) is 0 Å². The average Bonchev–Trinajstić information content (AvgIpc) is 2.58. The van der Waals surface area contributed by atoms with Crippen LogP contribution in [-0.2, 0) is 20.6 Å². The second-order valence-electron chi connectivity index (χ2n) is 6.92. The average molecular weight is 367 g/mol. The molecule has 0 bridgehead atoms. The molecule has 0 radical (unpaired) electrons. The predicted molar refractivity (Wildman–Crippen MR) is 101 cm³/mol. The topological polar surface area (TPSA) is 66.5 Å². The van der Waals surface area contributed by atoms with Crippen LogP contribution in [0.15, 0.2) is 24.3 Å². The monoisotopic (exact) mass is 366 g/mol. The molecule has 0 aromatic heterocycles. The summed E-state index contributed by atoms with van der Waals surface area (Å²) in [5.74, 6) is 0.0432. The van der Waals surface area contributed by atoms with Crippen LogP contribution < -0.4 is 5.32 Å². The van der Waals surface area contributed by atoms with Gasteiger partial charge in [0.2, 0.25) is 15.9 Å². The second-order valence-corrected chi connectivity index (χ2v) is 8.89. The molecule has 0 spiro atoms. The summed E-state index contributed by atoms with van der Waals surface area (Å²) in [7, 11) is -3.32. The first-order valence-electron chi connectivity index (χ1n) is 9.23. The Kier molecular flexibility index (Phi) is 7.44. The lowest BCUT2D eigenvalue weighted by molar-refractivity contribution is -0.126. The number of nitrogens with one attached hydrogen (secondary N) is 1. The fourth-order valence-corrected chi connectivity index (χ4v) is 4.78. The van der Waals surface area contributed by atoms with E-state index in [2.05, 4.69) is 12.2 Å². The molecule has 1 heterocycles. The smallest absolute Gasteiger partial charge is 0.223 e. The Labute approximate surface area is 151 Å². The van der Waals surface area contributed by atoms with Crippen molar-refractivity contribution in [3.05, 3.63) is 35.4 Å². The Morgan fingerprint density at radius 3 is 2.60 bits per heavy atom. The molecular formula is C19H30N2O3S. The SMILES string of the molecule is CCCCCNC(=O)C1CCN(S(=O)(=O)Cc2cccc(C)c2)CC1. The zero-order valence-electron chi connectivity index (χ0n) is 15.3. The van der Waals surface area contributed by atoms with Gasteiger partial charge >= 0.3 is 0 Å². The molecule has 25 heavy (non-hydrogen) atoms. The Bertz CT molecular complexity index is 665. The number of hydrogen-bond donors (Lipinski definition) is 1. The van der Waals surface area contributed by atoms with Gasteiger partial charge in [-0.05, 0) is 31.7 Å². The van der Waals surface area contributed by atoms with Gasteiger partial charge in [-0.2, -0.15) is 0 Å². The summed E-state index contributed by atoms with van der Waals surface area (Å²) >= 11 is 0. The van der Waals surface area contributed by atoms with Crippen LogP contribution in [0.5, 0.6) is 0 Å². The maximum atomic E-state index is 12.6. The molecule has 1 aliphatic heterocycles. The predicted octanol–water partition coefficient (Wildman–Crippen LogP) is 2.84. The Hall–Kier alpha value is -1.40. The van der Waals surface area contributed by atoms with Crippen molar-refractivity contribution in [1.82, 2.24) is 9.62 Å². The number of sulfonamides is 1. The first kappa shape index (κ1) is 19.9. The summed E-state index contributed by atoms with van der Waals surface area (Å²) in [5.41, 5.74) is 1.88. The number of rotatable bonds is 8. The van der Waals surface area contributed by atoms with Crippen LogP contribution in [0.4, 0.5) is 0 Å². The van der Waals surface area contributed by atoms with Gasteiger partial charge in [0.05, 0.1) is 5.75 Å². The van der Waals surface area contributed by atoms with E-state index in [0.717, 1.165) is 36.9 Å². The fraction of sp³-hybridized carbons (Fsp3) is 0.632. The molecule has 1 saturated heterocycles. The van der Waals surface area contributed by atoms with Gasteiger partial charge in [0.25, 0.3) is 0 Å². The van der Waals surface area contributed by atoms with E-state index >= 15 is 0 Å². The third kappa shape index (κ3) is 6.12. The van der Waals surface area contributed by atoms with E-state index in [1.807, 2.05) is 31.2 Å². The number of hydrogen-bond acceptors (Lipinski definition) is 3. The number of piperidine rings is 1. The molecular weight excluding hydrogens is 336 g/mol. The lowest BCUT2D eigenvalue weighted by Gasteiger charge is -2.30. The molecule has 1 aliphatic rings. The summed E-state index contributed by atoms with van der Waals surface area (Å²) in [6, 6.07) is 7.60. The molecule has 1 amide bonds. The van der Waals surface area contributed by atoms with E-state index < -0.39 is 10.0 Å². The standard InChI is InChI=1S/C19H30N2O3S/c1-3-4-5-11-20-19(22)18-9-12-21(13-10-18)25(23,24)15-17-8-6-7-16(2)14-17/h6-8,14,18H,3-5,9-13,15H2,1-2H3,(H,20,22). The summed E-state index contributed by atoms with van der Waals surface area (Å²) < 4.78 is 26.8. The molecule has 1 aromatic rings. The molecule has 5 nitrogen and oxygen atoms in total. The van der Waals surface area contributed by atoms with Gasteiger partial charge < -0.3 is 5.32 Å². The first-order valence-corrected chi connectivity index (χ1v) is 10.8. The summed E-state index contributed by atoms with van der Waals surface area (Å²) in [6.07, 6.45) is 4.47. The van der Waals surface area contributed by atoms with Gasteiger partial charge in [0, 0.05) is 25.6 Å². The molecule has 1 N–H and O–H groups in total. The van der Waals surface area contributed by atoms with Crippen LogP contribution in [-0.4, -0.2) is 38.3 Å². The van der Waals surface area contributed by atoms with Crippen molar-refractivity contribution < 1.29 is 13.2 Å². The van der Waals surface area contributed by atoms with Crippen molar-refractivity contribution in [3.8, 4) is 0 Å². The van der Waals surface area contributed by atoms with E-state index in [9.17, 15) is 13.2 Å². The Morgan fingerprint density at radius 1 is 1.24 bits per heavy atom. The van der Waals surface area contributed by atoms with Crippen molar-refractivity contribution in [2.45, 2.75) is 51.7 Å². The van der Waals surface area contributed by atoms with Crippen LogP contribution in [0.25, 0.3) is 0 Å². The number of aryl methyl sites for hydroxylation is 1. The maximum Gasteiger partial charge on any atom is 0.223 e. The number of amides is 1. The highest BCUT2D eigenvalue weighted by Crippen LogP contribution is 2.22. The van der Waals surface area contributed by atoms with Crippen molar-refractivity contribution in [2.24, 2.45) is 5.92 Å². The Balaban J connectivity index is 1.83. The highest BCUT2D eigenvalue weighted by atomic mass is 32.2. The Morgan fingerprint density at radius 2 is 1.96 bits per heavy atom. The zero-order valence-corrected chi connectivity index (χ0v) is 16.1. The van der Waals surface area contributed by atoms with Crippen molar-refractivity contribution in [1.29, 1.82) is 0 Å². The van der Waals surface area contributed by atoms with Gasteiger partial charge in [0.15, 0.2) is 0 Å². The van der Waals surface area contributed by atoms with Crippen molar-refractivity contribution in [3.63, 3.8) is 0 Å². The highest BCUT2D eigenvalue weighted by Gasteiger charge is 2.30. The van der Waals surface area contributed by atoms with Crippen LogP contribution in [0, 0.1) is 12.8 Å². The number of benzene rings is 1. The number of unbranched alkanes of at least 4 members (excludes halogenated alkanes) is 2. The summed E-state index contributed by atoms with van der Waals surface area (Å²) in [4.78, 5) is 12.2. The molecule has 1 fully saturated rings. The molecule has 6 heteroatoms. The largest absolute Gasteiger partial charge is 0.356 e. The van der Waals surface area contributed by atoms with Crippen LogP contribution in [0.3, 0.4) is 0 Å². The summed E-state index contributed by atoms with van der Waals surface area (Å²) in [6.45, 7) is 5.68. The fourth-order valence-electron chi connectivity index (χ4n) is 3.23.